The van der Waals surface area contributed by atoms with Crippen LogP contribution in [0.2, 0.25) is 0 Å². The first kappa shape index (κ1) is 12.2. The van der Waals surface area contributed by atoms with Gasteiger partial charge in [-0.25, -0.2) is 0 Å². The molecule has 0 spiro atoms. The van der Waals surface area contributed by atoms with Crippen LogP contribution < -0.4 is 11.1 Å². The van der Waals surface area contributed by atoms with Crippen LogP contribution in [0.1, 0.15) is 25.8 Å². The van der Waals surface area contributed by atoms with Crippen LogP contribution in [0.15, 0.2) is 16.8 Å². The van der Waals surface area contributed by atoms with E-state index in [0.29, 0.717) is 12.5 Å². The molecule has 1 rings (SSSR count). The lowest BCUT2D eigenvalue weighted by Crippen LogP contribution is -2.40. The van der Waals surface area contributed by atoms with E-state index in [0.717, 1.165) is 12.0 Å². The fraction of sp³-hybridized carbons (Fsp3) is 0.545. The number of hydrogen-bond donors (Lipinski definition) is 2. The normalized spacial score (nSPS) is 12.8. The van der Waals surface area contributed by atoms with Gasteiger partial charge in [-0.2, -0.15) is 11.3 Å². The maximum absolute atomic E-state index is 11.5. The average Bonchev–Trinajstić information content (AvgIpc) is 2.65. The minimum atomic E-state index is -0.386. The lowest BCUT2D eigenvalue weighted by molar-refractivity contribution is -0.122. The highest BCUT2D eigenvalue weighted by Crippen LogP contribution is 2.06. The van der Waals surface area contributed by atoms with Crippen LogP contribution in [0.5, 0.6) is 0 Å². The molecule has 4 heteroatoms. The van der Waals surface area contributed by atoms with Crippen molar-refractivity contribution in [3.05, 3.63) is 22.4 Å². The van der Waals surface area contributed by atoms with E-state index in [1.165, 1.54) is 0 Å². The Hall–Kier alpha value is -0.870. The zero-order valence-corrected chi connectivity index (χ0v) is 10.0. The number of nitrogens with two attached hydrogens (primary N) is 1. The molecule has 0 bridgehead atoms. The van der Waals surface area contributed by atoms with E-state index in [2.05, 4.69) is 19.2 Å². The second-order valence-corrected chi connectivity index (χ2v) is 4.87. The fourth-order valence-electron chi connectivity index (χ4n) is 1.33. The van der Waals surface area contributed by atoms with Crippen molar-refractivity contribution in [3.8, 4) is 0 Å². The van der Waals surface area contributed by atoms with Gasteiger partial charge < -0.3 is 11.1 Å². The van der Waals surface area contributed by atoms with Crippen molar-refractivity contribution in [2.24, 2.45) is 11.7 Å². The van der Waals surface area contributed by atoms with Crippen molar-refractivity contribution >= 4 is 17.2 Å². The van der Waals surface area contributed by atoms with E-state index in [1.54, 1.807) is 11.3 Å². The molecule has 1 amide bonds. The monoisotopic (exact) mass is 226 g/mol. The largest absolute Gasteiger partial charge is 0.351 e. The van der Waals surface area contributed by atoms with Gasteiger partial charge in [-0.05, 0) is 34.7 Å². The zero-order chi connectivity index (χ0) is 11.3. The molecule has 0 radical (unpaired) electrons. The Morgan fingerprint density at radius 3 is 2.87 bits per heavy atom. The highest BCUT2D eigenvalue weighted by atomic mass is 32.1. The van der Waals surface area contributed by atoms with Gasteiger partial charge in [0.25, 0.3) is 0 Å². The summed E-state index contributed by atoms with van der Waals surface area (Å²) in [5.41, 5.74) is 6.88. The molecule has 1 heterocycles. The molecule has 1 aromatic rings. The average molecular weight is 226 g/mol. The first-order valence-corrected chi connectivity index (χ1v) is 6.08. The Bertz CT molecular complexity index is 296. The van der Waals surface area contributed by atoms with Crippen molar-refractivity contribution in [2.45, 2.75) is 32.9 Å². The van der Waals surface area contributed by atoms with Crippen LogP contribution in [0.25, 0.3) is 0 Å². The molecule has 1 atom stereocenters. The molecule has 3 nitrogen and oxygen atoms in total. The van der Waals surface area contributed by atoms with E-state index in [9.17, 15) is 4.79 Å². The van der Waals surface area contributed by atoms with Gasteiger partial charge in [0, 0.05) is 6.54 Å². The smallest absolute Gasteiger partial charge is 0.237 e. The summed E-state index contributed by atoms with van der Waals surface area (Å²) in [6.07, 6.45) is 0.732. The first-order chi connectivity index (χ1) is 7.09. The summed E-state index contributed by atoms with van der Waals surface area (Å²) in [4.78, 5) is 11.5. The Kier molecular flexibility index (Phi) is 4.78. The molecule has 0 aliphatic carbocycles. The highest BCUT2D eigenvalue weighted by molar-refractivity contribution is 7.07. The Morgan fingerprint density at radius 1 is 1.60 bits per heavy atom. The molecule has 0 aliphatic heterocycles. The zero-order valence-electron chi connectivity index (χ0n) is 9.19. The van der Waals surface area contributed by atoms with Crippen LogP contribution >= 0.6 is 11.3 Å². The number of carbonyl (C=O) groups is 1. The lowest BCUT2D eigenvalue weighted by Gasteiger charge is -2.13. The molecule has 0 saturated carbocycles. The predicted octanol–water partition coefficient (Wildman–Crippen LogP) is 1.74. The minimum Gasteiger partial charge on any atom is -0.351 e. The van der Waals surface area contributed by atoms with Gasteiger partial charge in [0.2, 0.25) is 5.91 Å². The second-order valence-electron chi connectivity index (χ2n) is 4.09. The molecule has 15 heavy (non-hydrogen) atoms. The standard InChI is InChI=1S/C11H18N2OS/c1-8(2)5-10(12)11(14)13-6-9-3-4-15-7-9/h3-4,7-8,10H,5-6,12H2,1-2H3,(H,13,14). The van der Waals surface area contributed by atoms with Crippen molar-refractivity contribution in [2.75, 3.05) is 0 Å². The maximum atomic E-state index is 11.5. The summed E-state index contributed by atoms with van der Waals surface area (Å²) in [5.74, 6) is 0.391. The molecule has 0 aromatic carbocycles. The summed E-state index contributed by atoms with van der Waals surface area (Å²) in [6, 6.07) is 1.61. The Balaban J connectivity index is 2.29. The molecular formula is C11H18N2OS. The van der Waals surface area contributed by atoms with Crippen LogP contribution in [0.3, 0.4) is 0 Å². The first-order valence-electron chi connectivity index (χ1n) is 5.14. The summed E-state index contributed by atoms with van der Waals surface area (Å²) < 4.78 is 0. The fourth-order valence-corrected chi connectivity index (χ4v) is 2.00. The number of nitrogens with one attached hydrogen (secondary N) is 1. The number of rotatable bonds is 5. The van der Waals surface area contributed by atoms with Crippen molar-refractivity contribution < 1.29 is 4.79 Å². The van der Waals surface area contributed by atoms with Crippen LogP contribution in [0, 0.1) is 5.92 Å². The third kappa shape index (κ3) is 4.44. The van der Waals surface area contributed by atoms with Gasteiger partial charge in [-0.15, -0.1) is 0 Å². The third-order valence-electron chi connectivity index (χ3n) is 2.11. The molecule has 1 aromatic heterocycles. The Labute approximate surface area is 94.7 Å². The van der Waals surface area contributed by atoms with Crippen LogP contribution in [0.4, 0.5) is 0 Å². The van der Waals surface area contributed by atoms with E-state index in [1.807, 2.05) is 16.8 Å². The van der Waals surface area contributed by atoms with E-state index < -0.39 is 0 Å². The van der Waals surface area contributed by atoms with E-state index >= 15 is 0 Å². The van der Waals surface area contributed by atoms with Crippen molar-refractivity contribution in [1.29, 1.82) is 0 Å². The summed E-state index contributed by atoms with van der Waals surface area (Å²) in [6.45, 7) is 4.70. The number of hydrogen-bond acceptors (Lipinski definition) is 3. The number of carbonyl (C=O) groups excluding carboxylic acids is 1. The van der Waals surface area contributed by atoms with Gasteiger partial charge in [0.1, 0.15) is 0 Å². The second kappa shape index (κ2) is 5.88. The van der Waals surface area contributed by atoms with Gasteiger partial charge in [0.05, 0.1) is 6.04 Å². The molecule has 0 fully saturated rings. The SMILES string of the molecule is CC(C)CC(N)C(=O)NCc1ccsc1. The van der Waals surface area contributed by atoms with Crippen LogP contribution in [-0.2, 0) is 11.3 Å². The van der Waals surface area contributed by atoms with Gasteiger partial charge in [0.15, 0.2) is 0 Å². The summed E-state index contributed by atoms with van der Waals surface area (Å²) >= 11 is 1.63. The summed E-state index contributed by atoms with van der Waals surface area (Å²) in [5, 5.41) is 6.85. The molecular weight excluding hydrogens is 208 g/mol. The molecule has 0 saturated heterocycles. The molecule has 3 N–H and O–H groups in total. The molecule has 1 unspecified atom stereocenters. The van der Waals surface area contributed by atoms with Gasteiger partial charge in [-0.3, -0.25) is 4.79 Å². The van der Waals surface area contributed by atoms with Crippen molar-refractivity contribution in [1.82, 2.24) is 5.32 Å². The Morgan fingerprint density at radius 2 is 2.33 bits per heavy atom. The van der Waals surface area contributed by atoms with Gasteiger partial charge >= 0.3 is 0 Å². The van der Waals surface area contributed by atoms with Crippen molar-refractivity contribution in [3.63, 3.8) is 0 Å². The van der Waals surface area contributed by atoms with Crippen LogP contribution in [-0.4, -0.2) is 11.9 Å². The number of amides is 1. The number of thiophene rings is 1. The quantitative estimate of drug-likeness (QED) is 0.803. The van der Waals surface area contributed by atoms with E-state index in [-0.39, 0.29) is 11.9 Å². The minimum absolute atomic E-state index is 0.0603. The highest BCUT2D eigenvalue weighted by Gasteiger charge is 2.14. The van der Waals surface area contributed by atoms with Gasteiger partial charge in [-0.1, -0.05) is 13.8 Å². The topological polar surface area (TPSA) is 55.1 Å². The molecule has 84 valence electrons. The van der Waals surface area contributed by atoms with E-state index in [4.69, 9.17) is 5.73 Å². The lowest BCUT2D eigenvalue weighted by atomic mass is 10.0. The maximum Gasteiger partial charge on any atom is 0.237 e. The summed E-state index contributed by atoms with van der Waals surface area (Å²) in [7, 11) is 0. The molecule has 0 aliphatic rings. The third-order valence-corrected chi connectivity index (χ3v) is 2.84. The predicted molar refractivity (Wildman–Crippen MR) is 63.6 cm³/mol.